The van der Waals surface area contributed by atoms with Crippen molar-refractivity contribution in [2.24, 2.45) is 11.7 Å². The van der Waals surface area contributed by atoms with Gasteiger partial charge < -0.3 is 20.8 Å². The van der Waals surface area contributed by atoms with Crippen LogP contribution < -0.4 is 5.73 Å². The standard InChI is InChI=1S/C20H25N5O4.Li.H/c21-19(27)12-4-7-24(8-5-12)10-14(26)11-25-18(20(28)29)16-2-1-13-9-22-6-3-15(13)17(16)23-25;;/h3,6,9,12,14,26H,1-2,4-5,7-8,10-11H2,(H2,21,27)(H,28,29);;. The van der Waals surface area contributed by atoms with Crippen LogP contribution in [0.15, 0.2) is 18.5 Å². The Hall–Kier alpha value is -2.18. The number of β-amino-alcohol motifs (C(OH)–C–C–N with tert-alkyl or cyclic N) is 1. The molecule has 156 valence electrons. The van der Waals surface area contributed by atoms with Gasteiger partial charge in [-0.1, -0.05) is 0 Å². The van der Waals surface area contributed by atoms with Crippen molar-refractivity contribution >= 4 is 30.7 Å². The van der Waals surface area contributed by atoms with Gasteiger partial charge in [-0.3, -0.25) is 14.5 Å². The van der Waals surface area contributed by atoms with Gasteiger partial charge in [0.1, 0.15) is 5.69 Å². The van der Waals surface area contributed by atoms with Crippen LogP contribution in [0.2, 0.25) is 0 Å². The Morgan fingerprint density at radius 3 is 2.63 bits per heavy atom. The fourth-order valence-corrected chi connectivity index (χ4v) is 4.40. The number of nitrogens with zero attached hydrogens (tertiary/aromatic N) is 4. The molecule has 1 fully saturated rings. The monoisotopic (exact) mass is 407 g/mol. The molecule has 3 heterocycles. The summed E-state index contributed by atoms with van der Waals surface area (Å²) in [6.45, 7) is 1.87. The minimum atomic E-state index is -1.04. The third kappa shape index (κ3) is 4.44. The van der Waals surface area contributed by atoms with Crippen LogP contribution in [0.4, 0.5) is 0 Å². The van der Waals surface area contributed by atoms with Gasteiger partial charge in [-0.2, -0.15) is 5.10 Å². The summed E-state index contributed by atoms with van der Waals surface area (Å²) in [7, 11) is 0. The molecule has 0 radical (unpaired) electrons. The number of fused-ring (bicyclic) bond motifs is 3. The molecule has 2 aromatic rings. The zero-order valence-corrected chi connectivity index (χ0v) is 16.1. The summed E-state index contributed by atoms with van der Waals surface area (Å²) in [5, 5.41) is 24.9. The van der Waals surface area contributed by atoms with Crippen molar-refractivity contribution in [2.75, 3.05) is 19.6 Å². The van der Waals surface area contributed by atoms with Crippen molar-refractivity contribution in [1.82, 2.24) is 19.7 Å². The number of carbonyl (C=O) groups is 2. The molecule has 0 aromatic carbocycles. The zero-order chi connectivity index (χ0) is 20.5. The van der Waals surface area contributed by atoms with Gasteiger partial charge in [-0.15, -0.1) is 0 Å². The number of likely N-dealkylation sites (tertiary alicyclic amines) is 1. The summed E-state index contributed by atoms with van der Waals surface area (Å²) in [6, 6.07) is 1.86. The number of hydrogen-bond acceptors (Lipinski definition) is 6. The maximum atomic E-state index is 11.9. The first kappa shape index (κ1) is 22.5. The van der Waals surface area contributed by atoms with Crippen LogP contribution >= 0.6 is 0 Å². The first-order valence-electron chi connectivity index (χ1n) is 9.90. The van der Waals surface area contributed by atoms with Crippen LogP contribution in [0.5, 0.6) is 0 Å². The van der Waals surface area contributed by atoms with E-state index in [1.54, 1.807) is 12.4 Å². The van der Waals surface area contributed by atoms with E-state index in [4.69, 9.17) is 5.73 Å². The second-order valence-electron chi connectivity index (χ2n) is 7.83. The van der Waals surface area contributed by atoms with E-state index >= 15 is 0 Å². The summed E-state index contributed by atoms with van der Waals surface area (Å²) in [5.74, 6) is -1.41. The third-order valence-electron chi connectivity index (χ3n) is 5.90. The fourth-order valence-electron chi connectivity index (χ4n) is 4.40. The number of carboxylic acid groups (broad SMARTS) is 1. The first-order chi connectivity index (χ1) is 13.9. The average Bonchev–Trinajstić information content (AvgIpc) is 3.06. The molecular formula is C20H26LiN5O4. The molecule has 2 aromatic heterocycles. The van der Waals surface area contributed by atoms with Crippen LogP contribution in [-0.4, -0.2) is 86.4 Å². The van der Waals surface area contributed by atoms with E-state index in [2.05, 4.69) is 15.0 Å². The van der Waals surface area contributed by atoms with Crippen molar-refractivity contribution in [3.05, 3.63) is 35.3 Å². The summed E-state index contributed by atoms with van der Waals surface area (Å²) < 4.78 is 1.42. The summed E-state index contributed by atoms with van der Waals surface area (Å²) >= 11 is 0. The van der Waals surface area contributed by atoms with Crippen molar-refractivity contribution in [3.63, 3.8) is 0 Å². The average molecular weight is 407 g/mol. The number of aromatic carboxylic acids is 1. The van der Waals surface area contributed by atoms with Crippen LogP contribution in [0.25, 0.3) is 11.3 Å². The number of carbonyl (C=O) groups excluding carboxylic acids is 1. The molecule has 0 bridgehead atoms. The number of hydrogen-bond donors (Lipinski definition) is 3. The second kappa shape index (κ2) is 9.31. The molecule has 9 nitrogen and oxygen atoms in total. The number of aryl methyl sites for hydroxylation is 1. The Morgan fingerprint density at radius 1 is 1.23 bits per heavy atom. The van der Waals surface area contributed by atoms with Crippen LogP contribution in [0.3, 0.4) is 0 Å². The number of aromatic nitrogens is 3. The molecular weight excluding hydrogens is 381 g/mol. The maximum absolute atomic E-state index is 11.9. The van der Waals surface area contributed by atoms with E-state index in [-0.39, 0.29) is 42.9 Å². The number of nitrogens with two attached hydrogens (primary N) is 1. The van der Waals surface area contributed by atoms with Gasteiger partial charge in [0.2, 0.25) is 5.91 Å². The predicted octanol–water partition coefficient (Wildman–Crippen LogP) is -0.348. The molecule has 30 heavy (non-hydrogen) atoms. The number of piperidine rings is 1. The fraction of sp³-hybridized carbons (Fsp3) is 0.500. The molecule has 1 saturated heterocycles. The number of carboxylic acids is 1. The van der Waals surface area contributed by atoms with Crippen molar-refractivity contribution in [1.29, 1.82) is 0 Å². The van der Waals surface area contributed by atoms with E-state index in [9.17, 15) is 19.8 Å². The normalized spacial score (nSPS) is 17.5. The van der Waals surface area contributed by atoms with E-state index < -0.39 is 12.1 Å². The Labute approximate surface area is 186 Å². The Kier molecular flexibility index (Phi) is 6.98. The topological polar surface area (TPSA) is 135 Å². The van der Waals surface area contributed by atoms with E-state index in [0.717, 1.165) is 17.5 Å². The SMILES string of the molecule is NC(=O)C1CCN(CC(O)Cn2nc3c(c2C(=O)O)CCc2cnccc2-3)CC1.[LiH]. The van der Waals surface area contributed by atoms with Gasteiger partial charge in [0.25, 0.3) is 0 Å². The Bertz CT molecular complexity index is 939. The number of pyridine rings is 1. The molecule has 1 amide bonds. The summed E-state index contributed by atoms with van der Waals surface area (Å²) in [5.41, 5.74) is 8.86. The van der Waals surface area contributed by atoms with Crippen molar-refractivity contribution in [3.8, 4) is 11.3 Å². The zero-order valence-electron chi connectivity index (χ0n) is 16.1. The molecule has 1 aliphatic heterocycles. The minimum absolute atomic E-state index is 0. The number of aliphatic hydroxyl groups is 1. The molecule has 1 unspecified atom stereocenters. The van der Waals surface area contributed by atoms with Gasteiger partial charge in [0.05, 0.1) is 18.3 Å². The second-order valence-corrected chi connectivity index (χ2v) is 7.83. The molecule has 0 spiro atoms. The number of rotatable bonds is 6. The van der Waals surface area contributed by atoms with Gasteiger partial charge in [0, 0.05) is 36.0 Å². The Balaban J connectivity index is 0.00000256. The Morgan fingerprint density at radius 2 is 1.97 bits per heavy atom. The molecule has 1 atom stereocenters. The first-order valence-corrected chi connectivity index (χ1v) is 9.90. The predicted molar refractivity (Wildman–Crippen MR) is 111 cm³/mol. The third-order valence-corrected chi connectivity index (χ3v) is 5.90. The molecule has 4 rings (SSSR count). The van der Waals surface area contributed by atoms with Gasteiger partial charge >= 0.3 is 24.8 Å². The number of amides is 1. The van der Waals surface area contributed by atoms with E-state index in [1.165, 1.54) is 4.68 Å². The van der Waals surface area contributed by atoms with Crippen LogP contribution in [0, 0.1) is 5.92 Å². The van der Waals surface area contributed by atoms with E-state index in [0.29, 0.717) is 50.2 Å². The van der Waals surface area contributed by atoms with Crippen molar-refractivity contribution in [2.45, 2.75) is 38.3 Å². The van der Waals surface area contributed by atoms with Gasteiger partial charge in [-0.05, 0) is 50.4 Å². The summed E-state index contributed by atoms with van der Waals surface area (Å²) in [4.78, 5) is 29.4. The molecule has 4 N–H and O–H groups in total. The molecule has 1 aliphatic carbocycles. The van der Waals surface area contributed by atoms with Crippen molar-refractivity contribution < 1.29 is 19.8 Å². The van der Waals surface area contributed by atoms with Gasteiger partial charge in [0.15, 0.2) is 0 Å². The molecule has 2 aliphatic rings. The number of primary amides is 1. The molecule has 0 saturated carbocycles. The quantitative estimate of drug-likeness (QED) is 0.557. The van der Waals surface area contributed by atoms with E-state index in [1.807, 2.05) is 6.07 Å². The number of aliphatic hydroxyl groups excluding tert-OH is 1. The van der Waals surface area contributed by atoms with Crippen LogP contribution in [0.1, 0.15) is 34.5 Å². The van der Waals surface area contributed by atoms with Crippen LogP contribution in [-0.2, 0) is 24.2 Å². The molecule has 10 heteroatoms. The summed E-state index contributed by atoms with van der Waals surface area (Å²) in [6.07, 6.45) is 5.38. The van der Waals surface area contributed by atoms with Gasteiger partial charge in [-0.25, -0.2) is 4.79 Å².